The molecule has 2 N–H and O–H groups in total. The minimum Gasteiger partial charge on any atom is -0.497 e. The molecule has 130 valence electrons. The molecular weight excluding hydrogens is 354 g/mol. The van der Waals surface area contributed by atoms with Crippen LogP contribution in [0.3, 0.4) is 0 Å². The first kappa shape index (κ1) is 16.0. The van der Waals surface area contributed by atoms with Crippen molar-refractivity contribution in [2.45, 2.75) is 0 Å². The smallest absolute Gasteiger partial charge is 0.272 e. The lowest BCUT2D eigenvalue weighted by molar-refractivity contribution is 0.102. The Balaban J connectivity index is 1.79. The number of carbonyl (C=O) groups is 1. The molecule has 26 heavy (non-hydrogen) atoms. The number of hydrogen-bond donors (Lipinski definition) is 2. The second-order valence-corrected chi connectivity index (χ2v) is 6.28. The van der Waals surface area contributed by atoms with E-state index in [0.717, 1.165) is 10.1 Å². The summed E-state index contributed by atoms with van der Waals surface area (Å²) in [4.78, 5) is 13.1. The van der Waals surface area contributed by atoms with Gasteiger partial charge in [-0.15, -0.1) is 16.4 Å². The second-order valence-electron chi connectivity index (χ2n) is 5.23. The lowest BCUT2D eigenvalue weighted by Crippen LogP contribution is -2.12. The molecule has 4 aromatic rings. The number of anilines is 1. The van der Waals surface area contributed by atoms with Gasteiger partial charge < -0.3 is 9.47 Å². The Morgan fingerprint density at radius 3 is 2.73 bits per heavy atom. The molecule has 0 spiro atoms. The number of benzene rings is 2. The van der Waals surface area contributed by atoms with Crippen molar-refractivity contribution in [2.75, 3.05) is 12.4 Å². The number of amides is 1. The number of H-pyrrole nitrogens is 1. The van der Waals surface area contributed by atoms with Gasteiger partial charge in [0.15, 0.2) is 5.75 Å². The summed E-state index contributed by atoms with van der Waals surface area (Å²) >= 11 is 1.31. The van der Waals surface area contributed by atoms with Crippen molar-refractivity contribution in [3.63, 3.8) is 0 Å². The molecule has 1 amide bonds. The summed E-state index contributed by atoms with van der Waals surface area (Å²) < 4.78 is 12.2. The van der Waals surface area contributed by atoms with Crippen LogP contribution in [0.2, 0.25) is 0 Å². The van der Waals surface area contributed by atoms with Gasteiger partial charge in [0, 0.05) is 10.1 Å². The average Bonchev–Trinajstić information content (AvgIpc) is 3.30. The Kier molecular flexibility index (Phi) is 4.20. The number of para-hydroxylation sites is 1. The topological polar surface area (TPSA) is 102 Å². The van der Waals surface area contributed by atoms with Gasteiger partial charge in [0.25, 0.3) is 11.9 Å². The molecule has 0 unspecified atom stereocenters. The van der Waals surface area contributed by atoms with Gasteiger partial charge in [-0.05, 0) is 35.5 Å². The maximum atomic E-state index is 12.7. The molecule has 0 atom stereocenters. The Bertz CT molecular complexity index is 1050. The number of fused-ring (bicyclic) bond motifs is 1. The molecule has 0 aliphatic rings. The Morgan fingerprint density at radius 2 is 2.00 bits per heavy atom. The molecule has 0 aliphatic heterocycles. The standard InChI is InChI=1S/C17H13N5O3S/c1-24-11-7-8-13-12(9-11)14(25-10-5-3-2-4-6-10)15(26-13)16(23)18-17-19-21-22-20-17/h2-9H,1H3,(H2,18,19,20,21,22,23). The molecule has 0 fully saturated rings. The van der Waals surface area contributed by atoms with E-state index in [0.29, 0.717) is 22.1 Å². The number of tetrazole rings is 1. The summed E-state index contributed by atoms with van der Waals surface area (Å²) in [6, 6.07) is 14.8. The van der Waals surface area contributed by atoms with Crippen molar-refractivity contribution in [1.82, 2.24) is 20.6 Å². The number of nitrogens with zero attached hydrogens (tertiary/aromatic N) is 3. The summed E-state index contributed by atoms with van der Waals surface area (Å²) in [5.74, 6) is 1.48. The van der Waals surface area contributed by atoms with Crippen molar-refractivity contribution in [2.24, 2.45) is 0 Å². The summed E-state index contributed by atoms with van der Waals surface area (Å²) in [7, 11) is 1.59. The van der Waals surface area contributed by atoms with Gasteiger partial charge in [-0.2, -0.15) is 5.21 Å². The normalized spacial score (nSPS) is 10.7. The zero-order valence-electron chi connectivity index (χ0n) is 13.6. The van der Waals surface area contributed by atoms with Gasteiger partial charge >= 0.3 is 0 Å². The van der Waals surface area contributed by atoms with Crippen LogP contribution in [0.5, 0.6) is 17.2 Å². The lowest BCUT2D eigenvalue weighted by Gasteiger charge is -2.07. The number of ether oxygens (including phenoxy) is 2. The van der Waals surface area contributed by atoms with E-state index >= 15 is 0 Å². The van der Waals surface area contributed by atoms with E-state index in [4.69, 9.17) is 9.47 Å². The van der Waals surface area contributed by atoms with E-state index in [2.05, 4.69) is 25.9 Å². The fourth-order valence-corrected chi connectivity index (χ4v) is 3.42. The van der Waals surface area contributed by atoms with Gasteiger partial charge in [-0.1, -0.05) is 23.3 Å². The fraction of sp³-hybridized carbons (Fsp3) is 0.0588. The first-order chi connectivity index (χ1) is 12.7. The van der Waals surface area contributed by atoms with Gasteiger partial charge in [0.05, 0.1) is 7.11 Å². The molecular formula is C17H13N5O3S. The van der Waals surface area contributed by atoms with Crippen LogP contribution in [0.25, 0.3) is 10.1 Å². The molecule has 2 aromatic heterocycles. The molecule has 4 rings (SSSR count). The van der Waals surface area contributed by atoms with Crippen LogP contribution in [0.1, 0.15) is 9.67 Å². The molecule has 2 aromatic carbocycles. The van der Waals surface area contributed by atoms with Crippen LogP contribution < -0.4 is 14.8 Å². The number of carbonyl (C=O) groups excluding carboxylic acids is 1. The highest BCUT2D eigenvalue weighted by molar-refractivity contribution is 7.21. The zero-order chi connectivity index (χ0) is 17.9. The molecule has 2 heterocycles. The number of rotatable bonds is 5. The van der Waals surface area contributed by atoms with E-state index in [1.54, 1.807) is 7.11 Å². The zero-order valence-corrected chi connectivity index (χ0v) is 14.4. The van der Waals surface area contributed by atoms with Gasteiger partial charge in [0.2, 0.25) is 0 Å². The van der Waals surface area contributed by atoms with Crippen LogP contribution in [-0.2, 0) is 0 Å². The minimum atomic E-state index is -0.377. The van der Waals surface area contributed by atoms with Crippen LogP contribution in [0, 0.1) is 0 Å². The first-order valence-electron chi connectivity index (χ1n) is 7.63. The monoisotopic (exact) mass is 367 g/mol. The molecule has 8 nitrogen and oxygen atoms in total. The minimum absolute atomic E-state index is 0.0932. The largest absolute Gasteiger partial charge is 0.497 e. The van der Waals surface area contributed by atoms with Crippen molar-refractivity contribution in [1.29, 1.82) is 0 Å². The quantitative estimate of drug-likeness (QED) is 0.560. The number of methoxy groups -OCH3 is 1. The number of nitrogens with one attached hydrogen (secondary N) is 2. The molecule has 0 bridgehead atoms. The maximum Gasteiger partial charge on any atom is 0.272 e. The maximum absolute atomic E-state index is 12.7. The van der Waals surface area contributed by atoms with E-state index in [1.807, 2.05) is 48.5 Å². The number of aromatic nitrogens is 4. The van der Waals surface area contributed by atoms with E-state index in [1.165, 1.54) is 11.3 Å². The number of thiophene rings is 1. The van der Waals surface area contributed by atoms with Crippen molar-refractivity contribution in [3.05, 3.63) is 53.4 Å². The predicted octanol–water partition coefficient (Wildman–Crippen LogP) is 3.47. The van der Waals surface area contributed by atoms with E-state index < -0.39 is 0 Å². The van der Waals surface area contributed by atoms with Gasteiger partial charge in [0.1, 0.15) is 16.4 Å². The van der Waals surface area contributed by atoms with Crippen LogP contribution >= 0.6 is 11.3 Å². The fourth-order valence-electron chi connectivity index (χ4n) is 2.41. The summed E-state index contributed by atoms with van der Waals surface area (Å²) in [6.07, 6.45) is 0. The first-order valence-corrected chi connectivity index (χ1v) is 8.44. The second kappa shape index (κ2) is 6.81. The predicted molar refractivity (Wildman–Crippen MR) is 97.0 cm³/mol. The van der Waals surface area contributed by atoms with Crippen LogP contribution in [-0.4, -0.2) is 33.6 Å². The molecule has 0 saturated carbocycles. The third kappa shape index (κ3) is 3.07. The summed E-state index contributed by atoms with van der Waals surface area (Å²) in [5, 5.41) is 16.6. The average molecular weight is 367 g/mol. The van der Waals surface area contributed by atoms with E-state index in [9.17, 15) is 4.79 Å². The molecule has 0 saturated heterocycles. The molecule has 9 heteroatoms. The highest BCUT2D eigenvalue weighted by atomic mass is 32.1. The third-order valence-corrected chi connectivity index (χ3v) is 4.74. The Hall–Kier alpha value is -3.46. The van der Waals surface area contributed by atoms with Crippen LogP contribution in [0.15, 0.2) is 48.5 Å². The van der Waals surface area contributed by atoms with Crippen molar-refractivity contribution < 1.29 is 14.3 Å². The molecule has 0 radical (unpaired) electrons. The highest BCUT2D eigenvalue weighted by Gasteiger charge is 2.22. The summed E-state index contributed by atoms with van der Waals surface area (Å²) in [6.45, 7) is 0. The van der Waals surface area contributed by atoms with Gasteiger partial charge in [-0.25, -0.2) is 0 Å². The number of hydrogen-bond acceptors (Lipinski definition) is 7. The molecule has 0 aliphatic carbocycles. The lowest BCUT2D eigenvalue weighted by atomic mass is 10.2. The van der Waals surface area contributed by atoms with Gasteiger partial charge in [-0.3, -0.25) is 10.1 Å². The number of aromatic amines is 1. The summed E-state index contributed by atoms with van der Waals surface area (Å²) in [5.41, 5.74) is 0. The third-order valence-electron chi connectivity index (χ3n) is 3.59. The Morgan fingerprint density at radius 1 is 1.15 bits per heavy atom. The van der Waals surface area contributed by atoms with Crippen molar-refractivity contribution >= 4 is 33.3 Å². The SMILES string of the molecule is COc1ccc2sc(C(=O)Nc3nn[nH]n3)c(Oc3ccccc3)c2c1. The highest BCUT2D eigenvalue weighted by Crippen LogP contribution is 2.42. The Labute approximate surface area is 151 Å². The van der Waals surface area contributed by atoms with Crippen LogP contribution in [0.4, 0.5) is 5.95 Å². The van der Waals surface area contributed by atoms with E-state index in [-0.39, 0.29) is 11.9 Å². The van der Waals surface area contributed by atoms with Crippen molar-refractivity contribution in [3.8, 4) is 17.2 Å².